The molecule has 1 aromatic heterocycles. The fraction of sp³-hybridized carbons (Fsp3) is 0.318. The van der Waals surface area contributed by atoms with Crippen molar-refractivity contribution < 1.29 is 4.79 Å². The highest BCUT2D eigenvalue weighted by Crippen LogP contribution is 2.36. The van der Waals surface area contributed by atoms with Crippen LogP contribution in [0.5, 0.6) is 0 Å². The maximum atomic E-state index is 12.9. The van der Waals surface area contributed by atoms with Crippen molar-refractivity contribution >= 4 is 33.0 Å². The van der Waals surface area contributed by atoms with Crippen molar-refractivity contribution in [3.8, 4) is 11.1 Å². The Labute approximate surface area is 163 Å². The Kier molecular flexibility index (Phi) is 4.14. The number of piperidine rings is 3. The van der Waals surface area contributed by atoms with Crippen LogP contribution in [0.3, 0.4) is 0 Å². The van der Waals surface area contributed by atoms with Crippen LogP contribution in [0.25, 0.3) is 21.2 Å². The number of nitrogens with two attached hydrogens (primary N) is 1. The van der Waals surface area contributed by atoms with E-state index < -0.39 is 0 Å². The lowest BCUT2D eigenvalue weighted by Crippen LogP contribution is -2.57. The first-order chi connectivity index (χ1) is 13.2. The van der Waals surface area contributed by atoms with Gasteiger partial charge in [-0.15, -0.1) is 11.3 Å². The molecule has 4 nitrogen and oxygen atoms in total. The molecule has 0 spiro atoms. The molecule has 3 fully saturated rings. The molecule has 27 heavy (non-hydrogen) atoms. The van der Waals surface area contributed by atoms with Gasteiger partial charge < -0.3 is 16.0 Å². The molecule has 4 heterocycles. The van der Waals surface area contributed by atoms with E-state index in [0.717, 1.165) is 38.3 Å². The normalized spacial score (nSPS) is 24.2. The number of carbonyl (C=O) groups excluding carboxylic acids is 1. The number of hydrogen-bond donors (Lipinski definition) is 2. The second-order valence-corrected chi connectivity index (χ2v) is 8.73. The fourth-order valence-electron chi connectivity index (χ4n) is 4.48. The lowest BCUT2D eigenvalue weighted by Gasteiger charge is -2.44. The van der Waals surface area contributed by atoms with E-state index in [-0.39, 0.29) is 5.91 Å². The van der Waals surface area contributed by atoms with Crippen molar-refractivity contribution in [2.24, 2.45) is 5.92 Å². The van der Waals surface area contributed by atoms with E-state index in [1.54, 1.807) is 11.3 Å². The summed E-state index contributed by atoms with van der Waals surface area (Å²) in [5.74, 6) is 0.699. The number of nitrogens with zero attached hydrogens (tertiary/aromatic N) is 1. The average Bonchev–Trinajstić information content (AvgIpc) is 3.13. The number of amides is 1. The second kappa shape index (κ2) is 6.66. The Bertz CT molecular complexity index is 1000. The van der Waals surface area contributed by atoms with E-state index >= 15 is 0 Å². The third kappa shape index (κ3) is 3.11. The molecule has 3 aromatic rings. The van der Waals surface area contributed by atoms with E-state index in [4.69, 9.17) is 5.73 Å². The first kappa shape index (κ1) is 16.8. The van der Waals surface area contributed by atoms with Gasteiger partial charge in [0.15, 0.2) is 0 Å². The molecular weight excluding hydrogens is 354 g/mol. The molecule has 3 aliphatic heterocycles. The van der Waals surface area contributed by atoms with Gasteiger partial charge in [0.2, 0.25) is 0 Å². The molecule has 6 rings (SSSR count). The van der Waals surface area contributed by atoms with Gasteiger partial charge in [-0.05, 0) is 66.6 Å². The highest BCUT2D eigenvalue weighted by Gasteiger charge is 2.35. The zero-order valence-corrected chi connectivity index (χ0v) is 16.0. The Balaban J connectivity index is 1.44. The monoisotopic (exact) mass is 377 g/mol. The van der Waals surface area contributed by atoms with Gasteiger partial charge in [0.1, 0.15) is 0 Å². The number of nitrogens with one attached hydrogen (secondary N) is 1. The fourth-order valence-corrected chi connectivity index (χ4v) is 5.57. The Morgan fingerprint density at radius 2 is 1.93 bits per heavy atom. The summed E-state index contributed by atoms with van der Waals surface area (Å²) in [6, 6.07) is 16.4. The largest absolute Gasteiger partial charge is 0.399 e. The Morgan fingerprint density at radius 1 is 1.11 bits per heavy atom. The molecule has 1 atom stereocenters. The van der Waals surface area contributed by atoms with Crippen LogP contribution in [0.4, 0.5) is 5.69 Å². The average molecular weight is 378 g/mol. The summed E-state index contributed by atoms with van der Waals surface area (Å²) < 4.78 is 1.14. The molecule has 0 aliphatic carbocycles. The molecule has 2 bridgehead atoms. The maximum absolute atomic E-state index is 12.9. The number of carbonyl (C=O) groups is 1. The van der Waals surface area contributed by atoms with Crippen LogP contribution in [0.15, 0.2) is 48.5 Å². The summed E-state index contributed by atoms with van der Waals surface area (Å²) in [5.41, 5.74) is 8.93. The van der Waals surface area contributed by atoms with Crippen molar-refractivity contribution in [1.82, 2.24) is 10.2 Å². The summed E-state index contributed by atoms with van der Waals surface area (Å²) in [5, 5.41) is 4.42. The number of fused-ring (bicyclic) bond motifs is 4. The maximum Gasteiger partial charge on any atom is 0.261 e. The van der Waals surface area contributed by atoms with Gasteiger partial charge in [0.05, 0.1) is 4.88 Å². The minimum Gasteiger partial charge on any atom is -0.399 e. The SMILES string of the molecule is Nc1cccc(-c2cccc3cc(C(=O)NC4CN5CCC4CC5)sc23)c1. The summed E-state index contributed by atoms with van der Waals surface area (Å²) in [6.45, 7) is 3.36. The van der Waals surface area contributed by atoms with Crippen LogP contribution in [0, 0.1) is 5.92 Å². The quantitative estimate of drug-likeness (QED) is 0.679. The standard InChI is InChI=1S/C22H23N3OS/c23-17-5-1-3-15(11-17)18-6-2-4-16-12-20(27-21(16)18)22(26)24-19-13-25-9-7-14(19)8-10-25/h1-6,11-12,14,19H,7-10,13,23H2,(H,24,26). The zero-order chi connectivity index (χ0) is 18.4. The van der Waals surface area contributed by atoms with Crippen LogP contribution in [-0.4, -0.2) is 36.5 Å². The van der Waals surface area contributed by atoms with Gasteiger partial charge in [-0.1, -0.05) is 30.3 Å². The summed E-state index contributed by atoms with van der Waals surface area (Å²) in [7, 11) is 0. The molecule has 3 aliphatic rings. The van der Waals surface area contributed by atoms with Crippen LogP contribution in [0.1, 0.15) is 22.5 Å². The predicted molar refractivity (Wildman–Crippen MR) is 112 cm³/mol. The van der Waals surface area contributed by atoms with Gasteiger partial charge in [-0.25, -0.2) is 0 Å². The lowest BCUT2D eigenvalue weighted by atomic mass is 9.84. The number of anilines is 1. The minimum atomic E-state index is 0.0634. The first-order valence-corrected chi connectivity index (χ1v) is 10.4. The van der Waals surface area contributed by atoms with E-state index in [0.29, 0.717) is 12.0 Å². The summed E-state index contributed by atoms with van der Waals surface area (Å²) in [4.78, 5) is 16.2. The molecule has 2 aromatic carbocycles. The smallest absolute Gasteiger partial charge is 0.261 e. The Hall–Kier alpha value is -2.37. The van der Waals surface area contributed by atoms with Crippen molar-refractivity contribution in [3.05, 3.63) is 53.4 Å². The third-order valence-corrected chi connectivity index (χ3v) is 7.12. The van der Waals surface area contributed by atoms with Crippen LogP contribution in [0.2, 0.25) is 0 Å². The van der Waals surface area contributed by atoms with Gasteiger partial charge in [-0.3, -0.25) is 4.79 Å². The second-order valence-electron chi connectivity index (χ2n) is 7.68. The van der Waals surface area contributed by atoms with Crippen molar-refractivity contribution in [3.63, 3.8) is 0 Å². The highest BCUT2D eigenvalue weighted by molar-refractivity contribution is 7.21. The van der Waals surface area contributed by atoms with E-state index in [1.165, 1.54) is 25.9 Å². The van der Waals surface area contributed by atoms with Gasteiger partial charge in [-0.2, -0.15) is 0 Å². The summed E-state index contributed by atoms with van der Waals surface area (Å²) >= 11 is 1.57. The predicted octanol–water partition coefficient (Wildman–Crippen LogP) is 3.97. The van der Waals surface area contributed by atoms with Crippen molar-refractivity contribution in [1.29, 1.82) is 0 Å². The zero-order valence-electron chi connectivity index (χ0n) is 15.2. The Morgan fingerprint density at radius 3 is 2.67 bits per heavy atom. The number of thiophene rings is 1. The topological polar surface area (TPSA) is 58.4 Å². The van der Waals surface area contributed by atoms with Crippen LogP contribution < -0.4 is 11.1 Å². The van der Waals surface area contributed by atoms with Gasteiger partial charge in [0, 0.05) is 23.0 Å². The lowest BCUT2D eigenvalue weighted by molar-refractivity contribution is 0.0622. The molecule has 3 saturated heterocycles. The molecule has 138 valence electrons. The van der Waals surface area contributed by atoms with Crippen LogP contribution in [-0.2, 0) is 0 Å². The highest BCUT2D eigenvalue weighted by atomic mass is 32.1. The van der Waals surface area contributed by atoms with E-state index in [1.807, 2.05) is 30.3 Å². The van der Waals surface area contributed by atoms with Gasteiger partial charge >= 0.3 is 0 Å². The van der Waals surface area contributed by atoms with E-state index in [9.17, 15) is 4.79 Å². The molecule has 5 heteroatoms. The van der Waals surface area contributed by atoms with E-state index in [2.05, 4.69) is 28.4 Å². The first-order valence-electron chi connectivity index (χ1n) is 9.59. The molecule has 0 radical (unpaired) electrons. The number of rotatable bonds is 3. The van der Waals surface area contributed by atoms with Crippen molar-refractivity contribution in [2.45, 2.75) is 18.9 Å². The molecule has 3 N–H and O–H groups in total. The third-order valence-electron chi connectivity index (χ3n) is 5.94. The van der Waals surface area contributed by atoms with Crippen molar-refractivity contribution in [2.75, 3.05) is 25.4 Å². The number of hydrogen-bond acceptors (Lipinski definition) is 4. The minimum absolute atomic E-state index is 0.0634. The molecule has 0 saturated carbocycles. The number of nitrogen functional groups attached to an aromatic ring is 1. The molecular formula is C22H23N3OS. The molecule has 1 unspecified atom stereocenters. The van der Waals surface area contributed by atoms with Crippen LogP contribution >= 0.6 is 11.3 Å². The molecule has 1 amide bonds. The van der Waals surface area contributed by atoms with Gasteiger partial charge in [0.25, 0.3) is 5.91 Å². The summed E-state index contributed by atoms with van der Waals surface area (Å²) in [6.07, 6.45) is 2.41. The number of benzene rings is 2.